The Labute approximate surface area is 368 Å². The maximum absolute atomic E-state index is 10.6. The molecule has 1 radical (unpaired) electrons. The van der Waals surface area contributed by atoms with Crippen LogP contribution >= 0.6 is 17.0 Å². The molecule has 0 aliphatic carbocycles. The van der Waals surface area contributed by atoms with E-state index in [1.807, 2.05) is 0 Å². The van der Waals surface area contributed by atoms with Crippen LogP contribution in [0.2, 0.25) is 0 Å². The second-order valence-electron chi connectivity index (χ2n) is 15.1. The molecule has 0 saturated heterocycles. The zero-order valence-corrected chi connectivity index (χ0v) is 39.8. The van der Waals surface area contributed by atoms with Crippen LogP contribution in [0.3, 0.4) is 0 Å². The summed E-state index contributed by atoms with van der Waals surface area (Å²) in [6.07, 6.45) is 8.27. The third-order valence-corrected chi connectivity index (χ3v) is 10.1. The third kappa shape index (κ3) is 15.0. The molecule has 2 amide bonds. The van der Waals surface area contributed by atoms with Gasteiger partial charge in [-0.2, -0.15) is 12.1 Å². The molecule has 0 aliphatic heterocycles. The minimum atomic E-state index is -0.826. The van der Waals surface area contributed by atoms with Crippen molar-refractivity contribution in [2.24, 2.45) is 0 Å². The van der Waals surface area contributed by atoms with Crippen LogP contribution in [0.1, 0.15) is 128 Å². The Balaban J connectivity index is 0.000000237. The maximum atomic E-state index is 10.6. The van der Waals surface area contributed by atoms with Gasteiger partial charge in [-0.05, 0) is 46.9 Å². The molecule has 305 valence electrons. The summed E-state index contributed by atoms with van der Waals surface area (Å²) in [5.41, 5.74) is 11.4. The first-order chi connectivity index (χ1) is 28.0. The molecule has 0 atom stereocenters. The van der Waals surface area contributed by atoms with E-state index in [0.717, 1.165) is 0 Å². The number of hydrogen-bond donors (Lipinski definition) is 2. The van der Waals surface area contributed by atoms with Crippen LogP contribution < -0.4 is 10.5 Å². The van der Waals surface area contributed by atoms with E-state index in [9.17, 15) is 9.59 Å². The summed E-state index contributed by atoms with van der Waals surface area (Å²) in [5.74, 6) is 0.866. The third-order valence-electron chi connectivity index (χ3n) is 10.1. The molecule has 0 aromatic heterocycles. The number of amides is 2. The number of nitrogens with one attached hydrogen (secondary N) is 2. The van der Waals surface area contributed by atoms with E-state index >= 15 is 0 Å². The molecule has 6 rings (SSSR count). The first-order valence-electron chi connectivity index (χ1n) is 20.9. The normalized spacial score (nSPS) is 10.5. The van der Waals surface area contributed by atoms with Gasteiger partial charge in [-0.15, -0.1) is 69.1 Å². The van der Waals surface area contributed by atoms with Gasteiger partial charge in [-0.1, -0.05) is 153 Å². The number of halogens is 2. The molecule has 0 unspecified atom stereocenters. The van der Waals surface area contributed by atoms with E-state index in [1.54, 1.807) is 13.8 Å². The Morgan fingerprint density at radius 2 is 0.948 bits per heavy atom. The Morgan fingerprint density at radius 3 is 1.29 bits per heavy atom. The molecular weight excluding hydrogens is 834 g/mol. The molecule has 8 heteroatoms. The van der Waals surface area contributed by atoms with E-state index in [-0.39, 0.29) is 11.8 Å². The summed E-state index contributed by atoms with van der Waals surface area (Å²) >= 11 is -0.826. The summed E-state index contributed by atoms with van der Waals surface area (Å²) in [6.45, 7) is 17.1. The fraction of sp³-hybridized carbons (Fsp3) is 0.360. The van der Waals surface area contributed by atoms with Crippen molar-refractivity contribution in [1.29, 1.82) is 0 Å². The van der Waals surface area contributed by atoms with Crippen molar-refractivity contribution in [3.05, 3.63) is 131 Å². The molecule has 0 bridgehead atoms. The zero-order valence-electron chi connectivity index (χ0n) is 35.9. The Bertz CT molecular complexity index is 1990. The summed E-state index contributed by atoms with van der Waals surface area (Å²) in [5, 5.41) is 10.4. The second kappa shape index (κ2) is 26.6. The first kappa shape index (κ1) is 48.9. The number of carbonyl (C=O) groups is 2. The SMILES string of the molecule is CCC(=O)N[B]NC(=O)CC.CCCCc1cc2c(-c3ccccc3C(C)C)cccc2[cH-]1.CCCCc1cc2c(-c3ccccc3C(C)C)cccc2[cH-]1.[Cl][Zr+2][Cl]. The molecule has 0 fully saturated rings. The number of unbranched alkanes of at least 4 members (excludes halogenated alkanes) is 2. The molecule has 2 N–H and O–H groups in total. The summed E-state index contributed by atoms with van der Waals surface area (Å²) < 4.78 is 0. The summed E-state index contributed by atoms with van der Waals surface area (Å²) in [7, 11) is 11.1. The van der Waals surface area contributed by atoms with Crippen LogP contribution in [-0.2, 0) is 43.3 Å². The minimum absolute atomic E-state index is 0.110. The van der Waals surface area contributed by atoms with Crippen LogP contribution in [0.4, 0.5) is 0 Å². The van der Waals surface area contributed by atoms with Gasteiger partial charge >= 0.3 is 45.4 Å². The Hall–Kier alpha value is -3.43. The van der Waals surface area contributed by atoms with E-state index in [0.29, 0.717) is 24.7 Å². The van der Waals surface area contributed by atoms with Gasteiger partial charge in [0.2, 0.25) is 11.8 Å². The number of hydrogen-bond acceptors (Lipinski definition) is 2. The standard InChI is InChI=1S/2C22H25.C6H12BN2O2.2ClH.Zr/c2*1-4-5-9-17-14-18-10-8-13-21(22(18)15-17)20-12-7-6-11-19(20)16(2)3;1-3-5(10)8-7-9-6(11)4-2;;;/h2*6-8,10-16H,4-5,9H2,1-3H3;3-4H2,1-2H3,(H,8,10)(H,9,11);2*1H;/q2*-1;;;;+4/p-2. The topological polar surface area (TPSA) is 58.2 Å². The summed E-state index contributed by atoms with van der Waals surface area (Å²) in [4.78, 5) is 21.2. The Kier molecular flexibility index (Phi) is 22.5. The van der Waals surface area contributed by atoms with E-state index < -0.39 is 20.8 Å². The number of rotatable bonds is 14. The molecular formula is C50H62BCl2N2O2Zr. The average molecular weight is 896 g/mol. The average Bonchev–Trinajstić information content (AvgIpc) is 3.86. The van der Waals surface area contributed by atoms with Gasteiger partial charge in [0, 0.05) is 12.8 Å². The molecule has 4 nitrogen and oxygen atoms in total. The first-order valence-corrected chi connectivity index (χ1v) is 27.3. The Morgan fingerprint density at radius 1 is 0.586 bits per heavy atom. The van der Waals surface area contributed by atoms with Gasteiger partial charge in [0.25, 0.3) is 0 Å². The molecule has 6 aromatic rings. The van der Waals surface area contributed by atoms with Crippen molar-refractivity contribution < 1.29 is 30.4 Å². The van der Waals surface area contributed by atoms with E-state index in [4.69, 9.17) is 17.0 Å². The van der Waals surface area contributed by atoms with Crippen LogP contribution in [0.15, 0.2) is 109 Å². The number of aryl methyl sites for hydroxylation is 2. The molecule has 0 heterocycles. The predicted molar refractivity (Wildman–Crippen MR) is 250 cm³/mol. The molecule has 58 heavy (non-hydrogen) atoms. The van der Waals surface area contributed by atoms with Gasteiger partial charge in [0.05, 0.1) is 0 Å². The van der Waals surface area contributed by atoms with Crippen LogP contribution in [-0.4, -0.2) is 19.4 Å². The second-order valence-corrected chi connectivity index (χ2v) is 18.8. The number of benzene rings is 4. The molecule has 6 aromatic carbocycles. The molecule has 0 spiro atoms. The van der Waals surface area contributed by atoms with Gasteiger partial charge in [-0.25, -0.2) is 0 Å². The van der Waals surface area contributed by atoms with Crippen molar-refractivity contribution in [2.75, 3.05) is 0 Å². The van der Waals surface area contributed by atoms with Crippen molar-refractivity contribution >= 4 is 57.9 Å². The van der Waals surface area contributed by atoms with Crippen molar-refractivity contribution in [3.8, 4) is 22.3 Å². The van der Waals surface area contributed by atoms with Gasteiger partial charge in [-0.3, -0.25) is 9.59 Å². The molecule has 0 aliphatic rings. The number of carbonyl (C=O) groups excluding carboxylic acids is 2. The van der Waals surface area contributed by atoms with Crippen molar-refractivity contribution in [1.82, 2.24) is 10.5 Å². The van der Waals surface area contributed by atoms with Crippen LogP contribution in [0.5, 0.6) is 0 Å². The quantitative estimate of drug-likeness (QED) is 0.0845. The van der Waals surface area contributed by atoms with Gasteiger partial charge < -0.3 is 10.5 Å². The zero-order chi connectivity index (χ0) is 42.5. The van der Waals surface area contributed by atoms with Crippen molar-refractivity contribution in [2.45, 2.75) is 119 Å². The van der Waals surface area contributed by atoms with Gasteiger partial charge in [0.15, 0.2) is 0 Å². The monoisotopic (exact) mass is 893 g/mol. The molecule has 0 saturated carbocycles. The van der Waals surface area contributed by atoms with Crippen LogP contribution in [0, 0.1) is 0 Å². The van der Waals surface area contributed by atoms with Crippen LogP contribution in [0.25, 0.3) is 43.8 Å². The predicted octanol–water partition coefficient (Wildman–Crippen LogP) is 14.3. The fourth-order valence-corrected chi connectivity index (χ4v) is 7.01. The van der Waals surface area contributed by atoms with Crippen molar-refractivity contribution in [3.63, 3.8) is 0 Å². The van der Waals surface area contributed by atoms with E-state index in [1.165, 1.54) is 112 Å². The van der Waals surface area contributed by atoms with E-state index in [2.05, 4.69) is 161 Å². The summed E-state index contributed by atoms with van der Waals surface area (Å²) in [6, 6.07) is 40.6. The number of fused-ring (bicyclic) bond motifs is 2. The van der Waals surface area contributed by atoms with Gasteiger partial charge in [0.1, 0.15) is 0 Å². The fourth-order valence-electron chi connectivity index (χ4n) is 7.01.